The molecule has 0 amide bonds. The summed E-state index contributed by atoms with van der Waals surface area (Å²) >= 11 is 0. The topological polar surface area (TPSA) is 94.7 Å². The number of imidazole rings is 1. The number of carboxylic acid groups (broad SMARTS) is 1. The predicted molar refractivity (Wildman–Crippen MR) is 83.1 cm³/mol. The largest absolute Gasteiger partial charge is 0.478 e. The molecule has 0 aliphatic rings. The van der Waals surface area contributed by atoms with Gasteiger partial charge in [-0.1, -0.05) is 0 Å². The number of aromatic carboxylic acids is 1. The van der Waals surface area contributed by atoms with Crippen molar-refractivity contribution in [2.24, 2.45) is 0 Å². The molecular weight excluding hydrogens is 337 g/mol. The molecule has 0 atom stereocenters. The van der Waals surface area contributed by atoms with E-state index in [1.54, 1.807) is 6.07 Å². The van der Waals surface area contributed by atoms with Crippen LogP contribution in [0, 0.1) is 0 Å². The number of nitrogens with zero attached hydrogens (tertiary/aromatic N) is 2. The number of halogens is 3. The maximum absolute atomic E-state index is 12.8. The summed E-state index contributed by atoms with van der Waals surface area (Å²) in [5, 5.41) is 16.5. The molecule has 3 N–H and O–H groups in total. The van der Waals surface area contributed by atoms with Crippen molar-refractivity contribution in [3.05, 3.63) is 47.5 Å². The first-order valence-electron chi connectivity index (χ1n) is 7.12. The maximum atomic E-state index is 12.8. The van der Waals surface area contributed by atoms with Crippen LogP contribution in [0.2, 0.25) is 0 Å². The second-order valence-corrected chi connectivity index (χ2v) is 5.45. The molecular formula is C16H9F3N4O2. The van der Waals surface area contributed by atoms with E-state index in [4.69, 9.17) is 5.11 Å². The lowest BCUT2D eigenvalue weighted by Gasteiger charge is -2.05. The van der Waals surface area contributed by atoms with Crippen molar-refractivity contribution in [1.29, 1.82) is 0 Å². The first-order valence-corrected chi connectivity index (χ1v) is 7.12. The lowest BCUT2D eigenvalue weighted by Crippen LogP contribution is -2.04. The first-order chi connectivity index (χ1) is 11.8. The Labute approximate surface area is 137 Å². The first kappa shape index (κ1) is 15.2. The highest BCUT2D eigenvalue weighted by Gasteiger charge is 2.30. The lowest BCUT2D eigenvalue weighted by molar-refractivity contribution is -0.137. The number of carboxylic acids is 1. The normalized spacial score (nSPS) is 12.1. The minimum absolute atomic E-state index is 0.0746. The van der Waals surface area contributed by atoms with Crippen LogP contribution >= 0.6 is 0 Å². The Morgan fingerprint density at radius 2 is 1.88 bits per heavy atom. The Bertz CT molecular complexity index is 1130. The number of aromatic nitrogens is 4. The zero-order chi connectivity index (χ0) is 17.8. The molecule has 25 heavy (non-hydrogen) atoms. The van der Waals surface area contributed by atoms with Gasteiger partial charge >= 0.3 is 12.1 Å². The van der Waals surface area contributed by atoms with Crippen molar-refractivity contribution in [1.82, 2.24) is 20.2 Å². The summed E-state index contributed by atoms with van der Waals surface area (Å²) in [6, 6.07) is 7.64. The Kier molecular flexibility index (Phi) is 3.08. The molecule has 2 heterocycles. The van der Waals surface area contributed by atoms with Gasteiger partial charge in [-0.3, -0.25) is 5.10 Å². The highest BCUT2D eigenvalue weighted by atomic mass is 19.4. The van der Waals surface area contributed by atoms with Gasteiger partial charge in [0.05, 0.1) is 27.7 Å². The second-order valence-electron chi connectivity index (χ2n) is 5.45. The average molecular weight is 346 g/mol. The number of aromatic amines is 2. The van der Waals surface area contributed by atoms with Crippen molar-refractivity contribution in [3.63, 3.8) is 0 Å². The van der Waals surface area contributed by atoms with Gasteiger partial charge in [-0.05, 0) is 36.4 Å². The standard InChI is InChI=1S/C16H9F3N4O2/c17-16(18,19)8-2-4-11-12(6-8)21-14(20-11)13-9-5-7(15(24)25)1-3-10(9)22-23-13/h1-6H,(H,20,21)(H,22,23)(H,24,25). The van der Waals surface area contributed by atoms with Crippen LogP contribution in [0.1, 0.15) is 15.9 Å². The van der Waals surface area contributed by atoms with Crippen LogP contribution in [-0.2, 0) is 6.18 Å². The van der Waals surface area contributed by atoms with E-state index in [1.807, 2.05) is 0 Å². The molecule has 0 spiro atoms. The van der Waals surface area contributed by atoms with Crippen molar-refractivity contribution in [2.45, 2.75) is 6.18 Å². The third-order valence-corrected chi connectivity index (χ3v) is 3.84. The lowest BCUT2D eigenvalue weighted by atomic mass is 10.1. The van der Waals surface area contributed by atoms with Gasteiger partial charge in [-0.2, -0.15) is 18.3 Å². The molecule has 0 fully saturated rings. The van der Waals surface area contributed by atoms with E-state index in [0.717, 1.165) is 12.1 Å². The average Bonchev–Trinajstić information content (AvgIpc) is 3.15. The van der Waals surface area contributed by atoms with Crippen LogP contribution < -0.4 is 0 Å². The Morgan fingerprint density at radius 1 is 1.08 bits per heavy atom. The van der Waals surface area contributed by atoms with Gasteiger partial charge in [0.2, 0.25) is 0 Å². The van der Waals surface area contributed by atoms with Crippen LogP contribution in [0.15, 0.2) is 36.4 Å². The summed E-state index contributed by atoms with van der Waals surface area (Å²) in [5.74, 6) is -0.836. The molecule has 0 unspecified atom stereocenters. The van der Waals surface area contributed by atoms with Gasteiger partial charge in [0.25, 0.3) is 0 Å². The van der Waals surface area contributed by atoms with Crippen molar-refractivity contribution in [3.8, 4) is 11.5 Å². The Hall–Kier alpha value is -3.36. The van der Waals surface area contributed by atoms with E-state index in [9.17, 15) is 18.0 Å². The van der Waals surface area contributed by atoms with Gasteiger partial charge in [-0.25, -0.2) is 9.78 Å². The number of hydrogen-bond donors (Lipinski definition) is 3. The van der Waals surface area contributed by atoms with Gasteiger partial charge in [0.15, 0.2) is 5.82 Å². The predicted octanol–water partition coefficient (Wildman–Crippen LogP) is 3.82. The molecule has 0 radical (unpaired) electrons. The fraction of sp³-hybridized carbons (Fsp3) is 0.0625. The zero-order valence-corrected chi connectivity index (χ0v) is 12.3. The molecule has 4 rings (SSSR count). The molecule has 6 nitrogen and oxygen atoms in total. The highest BCUT2D eigenvalue weighted by molar-refractivity contribution is 5.98. The van der Waals surface area contributed by atoms with E-state index in [0.29, 0.717) is 22.1 Å². The summed E-state index contributed by atoms with van der Waals surface area (Å²) < 4.78 is 38.5. The van der Waals surface area contributed by atoms with Gasteiger partial charge in [0, 0.05) is 5.39 Å². The van der Waals surface area contributed by atoms with Crippen LogP contribution in [0.4, 0.5) is 13.2 Å². The van der Waals surface area contributed by atoms with Crippen molar-refractivity contribution < 1.29 is 23.1 Å². The van der Waals surface area contributed by atoms with E-state index < -0.39 is 17.7 Å². The van der Waals surface area contributed by atoms with Gasteiger partial charge in [-0.15, -0.1) is 0 Å². The molecule has 0 aliphatic heterocycles. The molecule has 0 saturated carbocycles. The van der Waals surface area contributed by atoms with E-state index in [1.165, 1.54) is 18.2 Å². The Morgan fingerprint density at radius 3 is 2.60 bits per heavy atom. The third-order valence-electron chi connectivity index (χ3n) is 3.84. The number of H-pyrrole nitrogens is 2. The molecule has 9 heteroatoms. The second kappa shape index (κ2) is 5.07. The number of nitrogens with one attached hydrogen (secondary N) is 2. The van der Waals surface area contributed by atoms with Crippen LogP contribution in [0.25, 0.3) is 33.5 Å². The Balaban J connectivity index is 1.88. The van der Waals surface area contributed by atoms with Crippen LogP contribution in [-0.4, -0.2) is 31.2 Å². The van der Waals surface area contributed by atoms with E-state index in [-0.39, 0.29) is 16.9 Å². The summed E-state index contributed by atoms with van der Waals surface area (Å²) in [4.78, 5) is 18.2. The number of fused-ring (bicyclic) bond motifs is 2. The van der Waals surface area contributed by atoms with Crippen molar-refractivity contribution >= 4 is 27.9 Å². The van der Waals surface area contributed by atoms with Crippen LogP contribution in [0.3, 0.4) is 0 Å². The number of hydrogen-bond acceptors (Lipinski definition) is 3. The molecule has 2 aromatic heterocycles. The zero-order valence-electron chi connectivity index (χ0n) is 12.3. The fourth-order valence-electron chi connectivity index (χ4n) is 2.63. The molecule has 4 aromatic rings. The molecule has 0 bridgehead atoms. The number of benzene rings is 2. The smallest absolute Gasteiger partial charge is 0.416 e. The van der Waals surface area contributed by atoms with Gasteiger partial charge < -0.3 is 10.1 Å². The summed E-state index contributed by atoms with van der Waals surface area (Å²) in [5.41, 5.74) is 0.795. The molecule has 0 aliphatic carbocycles. The van der Waals surface area contributed by atoms with Crippen LogP contribution in [0.5, 0.6) is 0 Å². The number of rotatable bonds is 2. The molecule has 2 aromatic carbocycles. The minimum Gasteiger partial charge on any atom is -0.478 e. The number of alkyl halides is 3. The quantitative estimate of drug-likeness (QED) is 0.514. The van der Waals surface area contributed by atoms with Gasteiger partial charge in [0.1, 0.15) is 5.69 Å². The fourth-order valence-corrected chi connectivity index (χ4v) is 2.63. The maximum Gasteiger partial charge on any atom is 0.416 e. The highest BCUT2D eigenvalue weighted by Crippen LogP contribution is 2.32. The minimum atomic E-state index is -4.45. The SMILES string of the molecule is O=C(O)c1ccc2[nH]nc(-c3nc4ccc(C(F)(F)F)cc4[nH]3)c2c1. The molecule has 0 saturated heterocycles. The van der Waals surface area contributed by atoms with E-state index >= 15 is 0 Å². The summed E-state index contributed by atoms with van der Waals surface area (Å²) in [6.07, 6.45) is -4.45. The summed E-state index contributed by atoms with van der Waals surface area (Å²) in [7, 11) is 0. The number of carbonyl (C=O) groups is 1. The van der Waals surface area contributed by atoms with Crippen molar-refractivity contribution in [2.75, 3.05) is 0 Å². The summed E-state index contributed by atoms with van der Waals surface area (Å²) in [6.45, 7) is 0. The molecule has 126 valence electrons. The third kappa shape index (κ3) is 2.49. The monoisotopic (exact) mass is 346 g/mol. The van der Waals surface area contributed by atoms with E-state index in [2.05, 4.69) is 20.2 Å².